The molecule has 88 valence electrons. The molecule has 0 aliphatic carbocycles. The highest BCUT2D eigenvalue weighted by Crippen LogP contribution is 2.00. The van der Waals surface area contributed by atoms with Gasteiger partial charge in [-0.15, -0.1) is 0 Å². The Morgan fingerprint density at radius 1 is 1.56 bits per heavy atom. The highest BCUT2D eigenvalue weighted by molar-refractivity contribution is 5.92. The van der Waals surface area contributed by atoms with Crippen molar-refractivity contribution in [1.82, 2.24) is 15.2 Å². The molecule has 1 rings (SSSR count). The van der Waals surface area contributed by atoms with E-state index in [1.807, 2.05) is 25.9 Å². The number of carbonyl (C=O) groups excluding carboxylic acids is 1. The molecule has 1 amide bonds. The molecular weight excluding hydrogens is 204 g/mol. The van der Waals surface area contributed by atoms with E-state index in [0.717, 1.165) is 0 Å². The van der Waals surface area contributed by atoms with Crippen LogP contribution in [-0.2, 0) is 0 Å². The molecule has 1 unspecified atom stereocenters. The molecule has 0 saturated heterocycles. The highest BCUT2D eigenvalue weighted by atomic mass is 16.1. The Labute approximate surface area is 95.7 Å². The van der Waals surface area contributed by atoms with Gasteiger partial charge in [-0.2, -0.15) is 0 Å². The van der Waals surface area contributed by atoms with E-state index >= 15 is 0 Å². The first kappa shape index (κ1) is 12.4. The van der Waals surface area contributed by atoms with E-state index in [0.29, 0.717) is 17.9 Å². The zero-order chi connectivity index (χ0) is 12.1. The van der Waals surface area contributed by atoms with E-state index in [4.69, 9.17) is 5.73 Å². The van der Waals surface area contributed by atoms with Crippen molar-refractivity contribution in [3.05, 3.63) is 24.0 Å². The smallest absolute Gasteiger partial charge is 0.269 e. The van der Waals surface area contributed by atoms with Gasteiger partial charge in [0.1, 0.15) is 5.69 Å². The monoisotopic (exact) mass is 222 g/mol. The van der Waals surface area contributed by atoms with Gasteiger partial charge < -0.3 is 16.0 Å². The van der Waals surface area contributed by atoms with Crippen LogP contribution in [0.1, 0.15) is 17.4 Å². The highest BCUT2D eigenvalue weighted by Gasteiger charge is 2.09. The summed E-state index contributed by atoms with van der Waals surface area (Å²) in [4.78, 5) is 17.6. The number of amides is 1. The zero-order valence-corrected chi connectivity index (χ0v) is 9.90. The summed E-state index contributed by atoms with van der Waals surface area (Å²) in [5.41, 5.74) is 6.43. The first-order chi connectivity index (χ1) is 7.50. The fourth-order valence-electron chi connectivity index (χ4n) is 1.05. The summed E-state index contributed by atoms with van der Waals surface area (Å²) in [5.74, 6) is -0.172. The number of anilines is 1. The van der Waals surface area contributed by atoms with Crippen LogP contribution in [0.15, 0.2) is 18.3 Å². The molecule has 0 aliphatic heterocycles. The molecule has 3 N–H and O–H groups in total. The minimum Gasteiger partial charge on any atom is -0.397 e. The normalized spacial score (nSPS) is 12.5. The van der Waals surface area contributed by atoms with Gasteiger partial charge in [0.25, 0.3) is 5.91 Å². The fourth-order valence-corrected chi connectivity index (χ4v) is 1.05. The van der Waals surface area contributed by atoms with Gasteiger partial charge in [-0.25, -0.2) is 4.98 Å². The number of likely N-dealkylation sites (N-methyl/N-ethyl adjacent to an activating group) is 1. The molecular formula is C11H18N4O. The lowest BCUT2D eigenvalue weighted by atomic mass is 10.3. The van der Waals surface area contributed by atoms with Crippen molar-refractivity contribution in [2.24, 2.45) is 0 Å². The van der Waals surface area contributed by atoms with Crippen LogP contribution in [0.5, 0.6) is 0 Å². The SMILES string of the molecule is CC(CNC(=O)c1ccc(N)cn1)N(C)C. The summed E-state index contributed by atoms with van der Waals surface area (Å²) in [6, 6.07) is 3.57. The minimum atomic E-state index is -0.172. The minimum absolute atomic E-state index is 0.172. The van der Waals surface area contributed by atoms with Gasteiger partial charge in [0.2, 0.25) is 0 Å². The molecule has 5 nitrogen and oxygen atoms in total. The molecule has 16 heavy (non-hydrogen) atoms. The van der Waals surface area contributed by atoms with Crippen molar-refractivity contribution >= 4 is 11.6 Å². The van der Waals surface area contributed by atoms with Crippen LogP contribution in [0.4, 0.5) is 5.69 Å². The summed E-state index contributed by atoms with van der Waals surface area (Å²) in [5, 5.41) is 2.82. The molecule has 0 spiro atoms. The van der Waals surface area contributed by atoms with Gasteiger partial charge in [-0.05, 0) is 33.2 Å². The van der Waals surface area contributed by atoms with Gasteiger partial charge in [-0.3, -0.25) is 4.79 Å². The average Bonchev–Trinajstić information content (AvgIpc) is 2.26. The molecule has 1 aromatic heterocycles. The Morgan fingerprint density at radius 2 is 2.25 bits per heavy atom. The number of rotatable bonds is 4. The van der Waals surface area contributed by atoms with Crippen molar-refractivity contribution in [3.63, 3.8) is 0 Å². The zero-order valence-electron chi connectivity index (χ0n) is 9.90. The van der Waals surface area contributed by atoms with Crippen LogP contribution >= 0.6 is 0 Å². The molecule has 0 fully saturated rings. The molecule has 0 bridgehead atoms. The maximum Gasteiger partial charge on any atom is 0.269 e. The standard InChI is InChI=1S/C11H18N4O/c1-8(15(2)3)6-14-11(16)10-5-4-9(12)7-13-10/h4-5,7-8H,6,12H2,1-3H3,(H,14,16). The molecule has 0 saturated carbocycles. The lowest BCUT2D eigenvalue weighted by Gasteiger charge is -2.19. The summed E-state index contributed by atoms with van der Waals surface area (Å²) in [6.45, 7) is 2.63. The summed E-state index contributed by atoms with van der Waals surface area (Å²) < 4.78 is 0. The fraction of sp³-hybridized carbons (Fsp3) is 0.455. The number of pyridine rings is 1. The third kappa shape index (κ3) is 3.51. The van der Waals surface area contributed by atoms with Crippen molar-refractivity contribution in [2.75, 3.05) is 26.4 Å². The molecule has 1 atom stereocenters. The second kappa shape index (κ2) is 5.46. The average molecular weight is 222 g/mol. The first-order valence-corrected chi connectivity index (χ1v) is 5.17. The van der Waals surface area contributed by atoms with Crippen LogP contribution in [0.25, 0.3) is 0 Å². The number of nitrogens with two attached hydrogens (primary N) is 1. The largest absolute Gasteiger partial charge is 0.397 e. The Bertz CT molecular complexity index is 348. The Hall–Kier alpha value is -1.62. The van der Waals surface area contributed by atoms with E-state index in [1.54, 1.807) is 12.1 Å². The van der Waals surface area contributed by atoms with Gasteiger partial charge >= 0.3 is 0 Å². The molecule has 5 heteroatoms. The van der Waals surface area contributed by atoms with Crippen LogP contribution in [-0.4, -0.2) is 42.5 Å². The van der Waals surface area contributed by atoms with Gasteiger partial charge in [-0.1, -0.05) is 0 Å². The maximum atomic E-state index is 11.7. The van der Waals surface area contributed by atoms with Crippen molar-refractivity contribution < 1.29 is 4.79 Å². The Balaban J connectivity index is 2.50. The first-order valence-electron chi connectivity index (χ1n) is 5.17. The van der Waals surface area contributed by atoms with E-state index in [-0.39, 0.29) is 11.9 Å². The number of nitrogens with one attached hydrogen (secondary N) is 1. The Kier molecular flexibility index (Phi) is 4.25. The van der Waals surface area contributed by atoms with Crippen molar-refractivity contribution in [3.8, 4) is 0 Å². The number of aromatic nitrogens is 1. The number of nitrogen functional groups attached to an aromatic ring is 1. The molecule has 0 radical (unpaired) electrons. The van der Waals surface area contributed by atoms with Crippen LogP contribution in [0.2, 0.25) is 0 Å². The lowest BCUT2D eigenvalue weighted by Crippen LogP contribution is -2.38. The summed E-state index contributed by atoms with van der Waals surface area (Å²) >= 11 is 0. The molecule has 1 aromatic rings. The molecule has 0 aliphatic rings. The molecule has 0 aromatic carbocycles. The summed E-state index contributed by atoms with van der Waals surface area (Å²) in [6.07, 6.45) is 1.48. The summed E-state index contributed by atoms with van der Waals surface area (Å²) in [7, 11) is 3.94. The van der Waals surface area contributed by atoms with Crippen molar-refractivity contribution in [2.45, 2.75) is 13.0 Å². The number of hydrogen-bond acceptors (Lipinski definition) is 4. The van der Waals surface area contributed by atoms with Crippen LogP contribution < -0.4 is 11.1 Å². The van der Waals surface area contributed by atoms with Gasteiger partial charge in [0, 0.05) is 12.6 Å². The number of hydrogen-bond donors (Lipinski definition) is 2. The third-order valence-electron chi connectivity index (χ3n) is 2.46. The van der Waals surface area contributed by atoms with Crippen LogP contribution in [0, 0.1) is 0 Å². The topological polar surface area (TPSA) is 71.2 Å². The van der Waals surface area contributed by atoms with Gasteiger partial charge in [0.15, 0.2) is 0 Å². The number of carbonyl (C=O) groups is 1. The number of nitrogens with zero attached hydrogens (tertiary/aromatic N) is 2. The van der Waals surface area contributed by atoms with Gasteiger partial charge in [0.05, 0.1) is 11.9 Å². The molecule has 1 heterocycles. The van der Waals surface area contributed by atoms with Crippen LogP contribution in [0.3, 0.4) is 0 Å². The quantitative estimate of drug-likeness (QED) is 0.771. The second-order valence-electron chi connectivity index (χ2n) is 4.00. The van der Waals surface area contributed by atoms with E-state index < -0.39 is 0 Å². The third-order valence-corrected chi connectivity index (χ3v) is 2.46. The maximum absolute atomic E-state index is 11.7. The predicted molar refractivity (Wildman–Crippen MR) is 64.1 cm³/mol. The van der Waals surface area contributed by atoms with Crippen molar-refractivity contribution in [1.29, 1.82) is 0 Å². The second-order valence-corrected chi connectivity index (χ2v) is 4.00. The van der Waals surface area contributed by atoms with E-state index in [9.17, 15) is 4.79 Å². The lowest BCUT2D eigenvalue weighted by molar-refractivity contribution is 0.0939. The van der Waals surface area contributed by atoms with E-state index in [2.05, 4.69) is 10.3 Å². The Morgan fingerprint density at radius 3 is 2.75 bits per heavy atom. The predicted octanol–water partition coefficient (Wildman–Crippen LogP) is 0.344. The van der Waals surface area contributed by atoms with E-state index in [1.165, 1.54) is 6.20 Å².